The summed E-state index contributed by atoms with van der Waals surface area (Å²) in [5.41, 5.74) is 7.26. The highest BCUT2D eigenvalue weighted by Gasteiger charge is 2.44. The number of carbonyl (C=O) groups is 2. The minimum Gasteiger partial charge on any atom is -0.273 e. The Hall–Kier alpha value is -3.07. The van der Waals surface area contributed by atoms with E-state index >= 15 is 0 Å². The summed E-state index contributed by atoms with van der Waals surface area (Å²) in [6.45, 7) is 0. The molecule has 1 heterocycles. The molecular formula is C18H15BrN6O2. The molecule has 2 unspecified atom stereocenters. The standard InChI is InChI=1S/C18H15BrN6O2/c19-13-5-1-11(2-6-13)15-9-16(15)18(27)22-21-17(26)12-3-7-14(8-4-12)25-10-20-23-24-25/h1-8,10,15-16H,9H2,(H,21,26)(H,22,27). The van der Waals surface area contributed by atoms with Crippen molar-refractivity contribution in [1.82, 2.24) is 31.1 Å². The highest BCUT2D eigenvalue weighted by Crippen LogP contribution is 2.47. The molecule has 2 atom stereocenters. The van der Waals surface area contributed by atoms with Crippen LogP contribution in [0.1, 0.15) is 28.3 Å². The molecule has 27 heavy (non-hydrogen) atoms. The first-order valence-corrected chi connectivity index (χ1v) is 9.10. The van der Waals surface area contributed by atoms with E-state index in [1.165, 1.54) is 11.0 Å². The number of nitrogens with one attached hydrogen (secondary N) is 2. The molecule has 0 bridgehead atoms. The Balaban J connectivity index is 1.30. The molecule has 0 radical (unpaired) electrons. The van der Waals surface area contributed by atoms with Gasteiger partial charge in [-0.25, -0.2) is 4.68 Å². The van der Waals surface area contributed by atoms with Gasteiger partial charge in [-0.05, 0) is 64.7 Å². The first-order chi connectivity index (χ1) is 13.1. The lowest BCUT2D eigenvalue weighted by molar-refractivity contribution is -0.123. The maximum absolute atomic E-state index is 12.2. The molecule has 2 amide bonds. The van der Waals surface area contributed by atoms with Crippen LogP contribution in [0.15, 0.2) is 59.3 Å². The summed E-state index contributed by atoms with van der Waals surface area (Å²) in [5, 5.41) is 10.9. The van der Waals surface area contributed by atoms with Crippen LogP contribution < -0.4 is 10.9 Å². The van der Waals surface area contributed by atoms with Crippen molar-refractivity contribution < 1.29 is 9.59 Å². The lowest BCUT2D eigenvalue weighted by Gasteiger charge is -2.08. The number of benzene rings is 2. The number of hydrazine groups is 1. The number of hydrogen-bond acceptors (Lipinski definition) is 5. The van der Waals surface area contributed by atoms with Crippen molar-refractivity contribution in [2.24, 2.45) is 5.92 Å². The fourth-order valence-corrected chi connectivity index (χ4v) is 3.16. The minimum atomic E-state index is -0.382. The SMILES string of the molecule is O=C(NNC(=O)C1CC1c1ccc(Br)cc1)c1ccc(-n2cnnn2)cc1. The van der Waals surface area contributed by atoms with Crippen LogP contribution in [0.4, 0.5) is 0 Å². The van der Waals surface area contributed by atoms with Crippen molar-refractivity contribution in [3.8, 4) is 5.69 Å². The number of tetrazole rings is 1. The first-order valence-electron chi connectivity index (χ1n) is 8.31. The van der Waals surface area contributed by atoms with Crippen LogP contribution in [0, 0.1) is 5.92 Å². The van der Waals surface area contributed by atoms with Crippen LogP contribution in [0.2, 0.25) is 0 Å². The second kappa shape index (κ2) is 7.28. The second-order valence-corrected chi connectivity index (χ2v) is 7.16. The molecule has 1 saturated carbocycles. The van der Waals surface area contributed by atoms with Gasteiger partial charge in [0.1, 0.15) is 6.33 Å². The van der Waals surface area contributed by atoms with Crippen molar-refractivity contribution in [2.45, 2.75) is 12.3 Å². The number of nitrogens with zero attached hydrogens (tertiary/aromatic N) is 4. The van der Waals surface area contributed by atoms with Gasteiger partial charge in [0.15, 0.2) is 0 Å². The molecule has 0 aliphatic heterocycles. The molecule has 8 nitrogen and oxygen atoms in total. The number of rotatable bonds is 4. The number of carbonyl (C=O) groups excluding carboxylic acids is 2. The molecule has 0 spiro atoms. The van der Waals surface area contributed by atoms with Crippen molar-refractivity contribution in [2.75, 3.05) is 0 Å². The maximum Gasteiger partial charge on any atom is 0.269 e. The van der Waals surface area contributed by atoms with E-state index in [1.54, 1.807) is 24.3 Å². The molecular weight excluding hydrogens is 412 g/mol. The largest absolute Gasteiger partial charge is 0.273 e. The zero-order chi connectivity index (χ0) is 18.8. The van der Waals surface area contributed by atoms with E-state index in [0.29, 0.717) is 5.56 Å². The summed E-state index contributed by atoms with van der Waals surface area (Å²) in [4.78, 5) is 24.4. The predicted molar refractivity (Wildman–Crippen MR) is 99.8 cm³/mol. The molecule has 0 saturated heterocycles. The molecule has 2 aromatic carbocycles. The van der Waals surface area contributed by atoms with Gasteiger partial charge in [0.2, 0.25) is 5.91 Å². The third kappa shape index (κ3) is 3.87. The van der Waals surface area contributed by atoms with Crippen molar-refractivity contribution >= 4 is 27.7 Å². The lowest BCUT2D eigenvalue weighted by Crippen LogP contribution is -2.42. The number of hydrogen-bond donors (Lipinski definition) is 2. The predicted octanol–water partition coefficient (Wildman–Crippen LogP) is 1.99. The average Bonchev–Trinajstić information content (AvgIpc) is 3.30. The smallest absolute Gasteiger partial charge is 0.269 e. The molecule has 1 fully saturated rings. The maximum atomic E-state index is 12.2. The highest BCUT2D eigenvalue weighted by atomic mass is 79.9. The third-order valence-corrected chi connectivity index (χ3v) is 5.00. The summed E-state index contributed by atoms with van der Waals surface area (Å²) >= 11 is 3.40. The first kappa shape index (κ1) is 17.3. The van der Waals surface area contributed by atoms with Gasteiger partial charge in [-0.15, -0.1) is 5.10 Å². The Morgan fingerprint density at radius 1 is 1.04 bits per heavy atom. The molecule has 1 aliphatic rings. The van der Waals surface area contributed by atoms with E-state index < -0.39 is 0 Å². The third-order valence-electron chi connectivity index (χ3n) is 4.47. The molecule has 1 aromatic heterocycles. The molecule has 4 rings (SSSR count). The fraction of sp³-hybridized carbons (Fsp3) is 0.167. The number of halogens is 1. The van der Waals surface area contributed by atoms with Gasteiger partial charge in [0.25, 0.3) is 5.91 Å². The Bertz CT molecular complexity index is 957. The molecule has 2 N–H and O–H groups in total. The van der Waals surface area contributed by atoms with E-state index in [9.17, 15) is 9.59 Å². The quantitative estimate of drug-likeness (QED) is 0.621. The topological polar surface area (TPSA) is 102 Å². The molecule has 136 valence electrons. The normalized spacial score (nSPS) is 18.0. The highest BCUT2D eigenvalue weighted by molar-refractivity contribution is 9.10. The summed E-state index contributed by atoms with van der Waals surface area (Å²) in [6.07, 6.45) is 2.25. The van der Waals surface area contributed by atoms with Gasteiger partial charge in [-0.2, -0.15) is 0 Å². The fourth-order valence-electron chi connectivity index (χ4n) is 2.89. The van der Waals surface area contributed by atoms with Gasteiger partial charge in [0.05, 0.1) is 5.69 Å². The van der Waals surface area contributed by atoms with Crippen LogP contribution >= 0.6 is 15.9 Å². The van der Waals surface area contributed by atoms with E-state index in [1.807, 2.05) is 24.3 Å². The summed E-state index contributed by atoms with van der Waals surface area (Å²) < 4.78 is 2.49. The van der Waals surface area contributed by atoms with E-state index in [4.69, 9.17) is 0 Å². The van der Waals surface area contributed by atoms with E-state index in [2.05, 4.69) is 42.3 Å². The Kier molecular flexibility index (Phi) is 4.68. The lowest BCUT2D eigenvalue weighted by atomic mass is 10.1. The van der Waals surface area contributed by atoms with Crippen LogP contribution in [0.3, 0.4) is 0 Å². The van der Waals surface area contributed by atoms with Gasteiger partial charge in [-0.1, -0.05) is 28.1 Å². The van der Waals surface area contributed by atoms with E-state index in [0.717, 1.165) is 22.1 Å². The molecule has 9 heteroatoms. The van der Waals surface area contributed by atoms with Gasteiger partial charge in [0, 0.05) is 16.0 Å². The van der Waals surface area contributed by atoms with Crippen LogP contribution in [0.25, 0.3) is 5.69 Å². The average molecular weight is 427 g/mol. The summed E-state index contributed by atoms with van der Waals surface area (Å²) in [6, 6.07) is 14.7. The van der Waals surface area contributed by atoms with Crippen molar-refractivity contribution in [3.63, 3.8) is 0 Å². The minimum absolute atomic E-state index is 0.117. The van der Waals surface area contributed by atoms with Gasteiger partial charge >= 0.3 is 0 Å². The Labute approximate surface area is 163 Å². The number of amides is 2. The molecule has 1 aliphatic carbocycles. The zero-order valence-corrected chi connectivity index (χ0v) is 15.6. The molecule has 3 aromatic rings. The summed E-state index contributed by atoms with van der Waals surface area (Å²) in [5.74, 6) is -0.478. The van der Waals surface area contributed by atoms with Gasteiger partial charge in [-0.3, -0.25) is 20.4 Å². The number of aromatic nitrogens is 4. The second-order valence-electron chi connectivity index (χ2n) is 6.24. The van der Waals surface area contributed by atoms with E-state index in [-0.39, 0.29) is 23.7 Å². The zero-order valence-electron chi connectivity index (χ0n) is 14.0. The summed E-state index contributed by atoms with van der Waals surface area (Å²) in [7, 11) is 0. The van der Waals surface area contributed by atoms with Crippen LogP contribution in [-0.4, -0.2) is 32.0 Å². The van der Waals surface area contributed by atoms with Crippen LogP contribution in [0.5, 0.6) is 0 Å². The van der Waals surface area contributed by atoms with Gasteiger partial charge < -0.3 is 0 Å². The van der Waals surface area contributed by atoms with Crippen molar-refractivity contribution in [1.29, 1.82) is 0 Å². The monoisotopic (exact) mass is 426 g/mol. The Morgan fingerprint density at radius 2 is 1.78 bits per heavy atom. The Morgan fingerprint density at radius 3 is 2.44 bits per heavy atom. The van der Waals surface area contributed by atoms with Crippen LogP contribution in [-0.2, 0) is 4.79 Å². The van der Waals surface area contributed by atoms with Crippen molar-refractivity contribution in [3.05, 3.63) is 70.5 Å².